The van der Waals surface area contributed by atoms with Crippen molar-refractivity contribution in [3.63, 3.8) is 0 Å². The van der Waals surface area contributed by atoms with Crippen LogP contribution in [0.15, 0.2) is 22.8 Å². The van der Waals surface area contributed by atoms with E-state index in [4.69, 9.17) is 0 Å². The molecule has 1 aromatic rings. The van der Waals surface area contributed by atoms with Crippen LogP contribution in [0, 0.1) is 0 Å². The number of aromatic nitrogens is 1. The van der Waals surface area contributed by atoms with Crippen molar-refractivity contribution < 1.29 is 4.79 Å². The van der Waals surface area contributed by atoms with Gasteiger partial charge in [-0.2, -0.15) is 11.8 Å². The van der Waals surface area contributed by atoms with Gasteiger partial charge in [-0.1, -0.05) is 6.07 Å². The molecule has 3 nitrogen and oxygen atoms in total. The SMILES string of the molecule is CSCCC(C)NC(=O)c1cccc(Br)n1. The van der Waals surface area contributed by atoms with Gasteiger partial charge in [0.2, 0.25) is 0 Å². The lowest BCUT2D eigenvalue weighted by molar-refractivity contribution is 0.0934. The van der Waals surface area contributed by atoms with Crippen molar-refractivity contribution in [1.29, 1.82) is 0 Å². The second-order valence-corrected chi connectivity index (χ2v) is 5.30. The molecule has 0 saturated carbocycles. The molecule has 0 bridgehead atoms. The Labute approximate surface area is 109 Å². The summed E-state index contributed by atoms with van der Waals surface area (Å²) < 4.78 is 0.678. The maximum absolute atomic E-state index is 11.8. The fraction of sp³-hybridized carbons (Fsp3) is 0.455. The molecule has 0 aliphatic heterocycles. The molecule has 16 heavy (non-hydrogen) atoms. The number of amides is 1. The minimum Gasteiger partial charge on any atom is -0.348 e. The number of nitrogens with one attached hydrogen (secondary N) is 1. The fourth-order valence-corrected chi connectivity index (χ4v) is 2.13. The Morgan fingerprint density at radius 3 is 3.00 bits per heavy atom. The minimum absolute atomic E-state index is 0.116. The molecule has 1 rings (SSSR count). The summed E-state index contributed by atoms with van der Waals surface area (Å²) in [6.07, 6.45) is 3.03. The van der Waals surface area contributed by atoms with Crippen LogP contribution in [0.2, 0.25) is 0 Å². The Bertz CT molecular complexity index is 360. The predicted octanol–water partition coefficient (Wildman–Crippen LogP) is 2.72. The van der Waals surface area contributed by atoms with Gasteiger partial charge in [0.1, 0.15) is 10.3 Å². The van der Waals surface area contributed by atoms with E-state index in [2.05, 4.69) is 32.5 Å². The number of halogens is 1. The number of thioether (sulfide) groups is 1. The number of nitrogens with zero attached hydrogens (tertiary/aromatic N) is 1. The Balaban J connectivity index is 2.52. The molecule has 0 aliphatic carbocycles. The standard InChI is InChI=1S/C11H15BrN2OS/c1-8(6-7-16-2)13-11(15)9-4-3-5-10(12)14-9/h3-5,8H,6-7H2,1-2H3,(H,13,15). The molecule has 0 aromatic carbocycles. The van der Waals surface area contributed by atoms with Crippen LogP contribution in [0.4, 0.5) is 0 Å². The number of hydrogen-bond donors (Lipinski definition) is 1. The van der Waals surface area contributed by atoms with Gasteiger partial charge >= 0.3 is 0 Å². The summed E-state index contributed by atoms with van der Waals surface area (Å²) in [7, 11) is 0. The lowest BCUT2D eigenvalue weighted by Gasteiger charge is -2.12. The maximum Gasteiger partial charge on any atom is 0.270 e. The van der Waals surface area contributed by atoms with Gasteiger partial charge in [0, 0.05) is 6.04 Å². The van der Waals surface area contributed by atoms with Crippen molar-refractivity contribution in [2.45, 2.75) is 19.4 Å². The molecule has 1 aromatic heterocycles. The summed E-state index contributed by atoms with van der Waals surface area (Å²) in [6, 6.07) is 5.49. The molecule has 5 heteroatoms. The molecule has 1 N–H and O–H groups in total. The molecule has 1 amide bonds. The Hall–Kier alpha value is -0.550. The third-order valence-electron chi connectivity index (χ3n) is 2.08. The summed E-state index contributed by atoms with van der Waals surface area (Å²) in [6.45, 7) is 2.01. The quantitative estimate of drug-likeness (QED) is 0.851. The third-order valence-corrected chi connectivity index (χ3v) is 3.17. The lowest BCUT2D eigenvalue weighted by Crippen LogP contribution is -2.33. The smallest absolute Gasteiger partial charge is 0.270 e. The summed E-state index contributed by atoms with van der Waals surface area (Å²) in [5.41, 5.74) is 0.449. The van der Waals surface area contributed by atoms with Crippen molar-refractivity contribution >= 4 is 33.6 Å². The van der Waals surface area contributed by atoms with Crippen molar-refractivity contribution in [1.82, 2.24) is 10.3 Å². The maximum atomic E-state index is 11.8. The Morgan fingerprint density at radius 1 is 1.62 bits per heavy atom. The first-order valence-electron chi connectivity index (χ1n) is 5.06. The third kappa shape index (κ3) is 4.53. The first-order valence-corrected chi connectivity index (χ1v) is 7.24. The number of carbonyl (C=O) groups excluding carboxylic acids is 1. The summed E-state index contributed by atoms with van der Waals surface area (Å²) >= 11 is 5.03. The summed E-state index contributed by atoms with van der Waals surface area (Å²) in [5.74, 6) is 0.933. The molecule has 1 unspecified atom stereocenters. The molecule has 0 saturated heterocycles. The highest BCUT2D eigenvalue weighted by molar-refractivity contribution is 9.10. The van der Waals surface area contributed by atoms with Crippen LogP contribution in [0.1, 0.15) is 23.8 Å². The van der Waals surface area contributed by atoms with E-state index in [-0.39, 0.29) is 11.9 Å². The van der Waals surface area contributed by atoms with Gasteiger partial charge in [-0.15, -0.1) is 0 Å². The normalized spacial score (nSPS) is 12.2. The van der Waals surface area contributed by atoms with Gasteiger partial charge in [0.05, 0.1) is 0 Å². The van der Waals surface area contributed by atoms with Gasteiger partial charge < -0.3 is 5.32 Å². The first kappa shape index (κ1) is 13.5. The van der Waals surface area contributed by atoms with E-state index < -0.39 is 0 Å². The van der Waals surface area contributed by atoms with Gasteiger partial charge in [0.25, 0.3) is 5.91 Å². The summed E-state index contributed by atoms with van der Waals surface area (Å²) in [4.78, 5) is 15.9. The monoisotopic (exact) mass is 302 g/mol. The highest BCUT2D eigenvalue weighted by atomic mass is 79.9. The van der Waals surface area contributed by atoms with Gasteiger partial charge in [-0.05, 0) is 53.4 Å². The average Bonchev–Trinajstić information content (AvgIpc) is 2.26. The highest BCUT2D eigenvalue weighted by Crippen LogP contribution is 2.07. The van der Waals surface area contributed by atoms with E-state index in [0.29, 0.717) is 10.3 Å². The molecule has 0 fully saturated rings. The zero-order chi connectivity index (χ0) is 12.0. The number of carbonyl (C=O) groups is 1. The zero-order valence-electron chi connectivity index (χ0n) is 9.37. The second-order valence-electron chi connectivity index (χ2n) is 3.50. The molecular formula is C11H15BrN2OS. The molecule has 88 valence electrons. The van der Waals surface area contributed by atoms with E-state index >= 15 is 0 Å². The van der Waals surface area contributed by atoms with E-state index in [1.54, 1.807) is 30.0 Å². The van der Waals surface area contributed by atoms with Gasteiger partial charge in [-0.25, -0.2) is 4.98 Å². The van der Waals surface area contributed by atoms with Gasteiger partial charge in [-0.3, -0.25) is 4.79 Å². The fourth-order valence-electron chi connectivity index (χ4n) is 1.20. The number of hydrogen-bond acceptors (Lipinski definition) is 3. The average molecular weight is 303 g/mol. The molecule has 1 heterocycles. The molecule has 0 aliphatic rings. The predicted molar refractivity (Wildman–Crippen MR) is 71.9 cm³/mol. The lowest BCUT2D eigenvalue weighted by atomic mass is 10.2. The van der Waals surface area contributed by atoms with Crippen LogP contribution in [-0.2, 0) is 0 Å². The molecule has 1 atom stereocenters. The van der Waals surface area contributed by atoms with Crippen LogP contribution in [0.3, 0.4) is 0 Å². The van der Waals surface area contributed by atoms with E-state index in [1.807, 2.05) is 6.92 Å². The molecule has 0 spiro atoms. The Kier molecular flexibility index (Phi) is 5.84. The van der Waals surface area contributed by atoms with Crippen molar-refractivity contribution in [2.75, 3.05) is 12.0 Å². The second kappa shape index (κ2) is 6.91. The first-order chi connectivity index (χ1) is 7.63. The summed E-state index contributed by atoms with van der Waals surface area (Å²) in [5, 5.41) is 2.92. The van der Waals surface area contributed by atoms with Crippen LogP contribution < -0.4 is 5.32 Å². The van der Waals surface area contributed by atoms with Crippen LogP contribution in [0.25, 0.3) is 0 Å². The topological polar surface area (TPSA) is 42.0 Å². The molecular weight excluding hydrogens is 288 g/mol. The van der Waals surface area contributed by atoms with Crippen LogP contribution in [0.5, 0.6) is 0 Å². The largest absolute Gasteiger partial charge is 0.348 e. The van der Waals surface area contributed by atoms with Crippen LogP contribution >= 0.6 is 27.7 Å². The minimum atomic E-state index is -0.116. The van der Waals surface area contributed by atoms with Crippen molar-refractivity contribution in [2.24, 2.45) is 0 Å². The van der Waals surface area contributed by atoms with E-state index in [1.165, 1.54) is 0 Å². The number of pyridine rings is 1. The van der Waals surface area contributed by atoms with Gasteiger partial charge in [0.15, 0.2) is 0 Å². The van der Waals surface area contributed by atoms with E-state index in [0.717, 1.165) is 12.2 Å². The van der Waals surface area contributed by atoms with Crippen molar-refractivity contribution in [3.8, 4) is 0 Å². The zero-order valence-corrected chi connectivity index (χ0v) is 11.8. The number of rotatable bonds is 5. The molecule has 0 radical (unpaired) electrons. The van der Waals surface area contributed by atoms with Crippen LogP contribution in [-0.4, -0.2) is 28.9 Å². The van der Waals surface area contributed by atoms with E-state index in [9.17, 15) is 4.79 Å². The highest BCUT2D eigenvalue weighted by Gasteiger charge is 2.10. The van der Waals surface area contributed by atoms with Crippen molar-refractivity contribution in [3.05, 3.63) is 28.5 Å². The Morgan fingerprint density at radius 2 is 2.38 bits per heavy atom.